The summed E-state index contributed by atoms with van der Waals surface area (Å²) >= 11 is 1.93. The summed E-state index contributed by atoms with van der Waals surface area (Å²) in [4.78, 5) is 2.54. The predicted molar refractivity (Wildman–Crippen MR) is 253 cm³/mol. The van der Waals surface area contributed by atoms with Crippen LogP contribution in [0.3, 0.4) is 0 Å². The molecule has 0 fully saturated rings. The van der Waals surface area contributed by atoms with Crippen molar-refractivity contribution < 1.29 is 0 Å². The molecule has 0 amide bonds. The van der Waals surface area contributed by atoms with Crippen LogP contribution in [0.5, 0.6) is 0 Å². The maximum atomic E-state index is 2.54. The molecule has 1 spiro atoms. The topological polar surface area (TPSA) is 3.24 Å². The monoisotopic (exact) mass is 783 g/mol. The predicted octanol–water partition coefficient (Wildman–Crippen LogP) is 15.5. The Kier molecular flexibility index (Phi) is 7.05. The van der Waals surface area contributed by atoms with Gasteiger partial charge in [0.1, 0.15) is 0 Å². The lowest BCUT2D eigenvalue weighted by Gasteiger charge is -2.33. The molecule has 8 aromatic carbocycles. The lowest BCUT2D eigenvalue weighted by molar-refractivity contribution is 0.660. The first-order valence-electron chi connectivity index (χ1n) is 21.3. The van der Waals surface area contributed by atoms with Crippen molar-refractivity contribution in [2.45, 2.75) is 37.0 Å². The minimum atomic E-state index is -0.410. The number of hydrogen-bond acceptors (Lipinski definition) is 2. The van der Waals surface area contributed by atoms with Crippen LogP contribution in [0.4, 0.5) is 11.4 Å². The van der Waals surface area contributed by atoms with Gasteiger partial charge in [0.15, 0.2) is 0 Å². The summed E-state index contributed by atoms with van der Waals surface area (Å²) in [6.07, 6.45) is 8.27. The Balaban J connectivity index is 0.999. The summed E-state index contributed by atoms with van der Waals surface area (Å²) in [6.45, 7) is 4.77. The van der Waals surface area contributed by atoms with E-state index in [2.05, 4.69) is 213 Å². The smallest absolute Gasteiger partial charge is 0.0726 e. The van der Waals surface area contributed by atoms with Gasteiger partial charge in [0.05, 0.1) is 5.41 Å². The van der Waals surface area contributed by atoms with Gasteiger partial charge in [0.2, 0.25) is 0 Å². The summed E-state index contributed by atoms with van der Waals surface area (Å²) in [7, 11) is 0. The number of rotatable bonds is 4. The largest absolute Gasteiger partial charge is 0.311 e. The van der Waals surface area contributed by atoms with Gasteiger partial charge >= 0.3 is 0 Å². The van der Waals surface area contributed by atoms with Crippen molar-refractivity contribution in [2.24, 2.45) is 0 Å². The zero-order chi connectivity index (χ0) is 39.7. The normalized spacial score (nSPS) is 16.9. The molecule has 0 aliphatic heterocycles. The van der Waals surface area contributed by atoms with Crippen LogP contribution in [-0.2, 0) is 10.8 Å². The maximum absolute atomic E-state index is 2.54. The number of anilines is 2. The highest BCUT2D eigenvalue weighted by Crippen LogP contribution is 2.63. The molecule has 0 radical (unpaired) electrons. The van der Waals surface area contributed by atoms with Gasteiger partial charge in [0, 0.05) is 48.6 Å². The van der Waals surface area contributed by atoms with E-state index in [1.54, 1.807) is 0 Å². The number of nitrogens with zero attached hydrogens (tertiary/aromatic N) is 1. The SMILES string of the molecule is CC1(C)c2ccccc2-c2ccc(N(C3=CCC(c4cccc5c4sc4ccccc45)C=C3)c3ccc4c(c3)C3(c5ccccc5-c5ccccc53)c3ccccc3-4)cc21. The molecule has 4 aliphatic rings. The molecule has 1 atom stereocenters. The molecule has 1 unspecified atom stereocenters. The molecular weight excluding hydrogens is 743 g/mol. The Morgan fingerprint density at radius 1 is 0.483 bits per heavy atom. The standard InChI is InChI=1S/C58H41NS/c1-57(2)49-21-8-3-14-41(49)45-32-30-38(34-53(45)57)59(37-28-26-36(27-29-37)40-19-13-20-48-47-18-7-12-25-55(47)60-56(40)48)39-31-33-46-44-17-6-11-24-52(44)58(54(46)35-39)50-22-9-4-15-42(50)43-16-5-10-23-51(43)58/h3-26,28-36H,27H2,1-2H3. The average molecular weight is 784 g/mol. The Bertz CT molecular complexity index is 3290. The van der Waals surface area contributed by atoms with Crippen LogP contribution < -0.4 is 4.90 Å². The number of thiophene rings is 1. The molecule has 60 heavy (non-hydrogen) atoms. The molecule has 0 N–H and O–H groups in total. The maximum Gasteiger partial charge on any atom is 0.0726 e. The van der Waals surface area contributed by atoms with E-state index in [0.29, 0.717) is 5.92 Å². The van der Waals surface area contributed by atoms with E-state index in [9.17, 15) is 0 Å². The van der Waals surface area contributed by atoms with Gasteiger partial charge in [-0.3, -0.25) is 0 Å². The van der Waals surface area contributed by atoms with Gasteiger partial charge in [-0.2, -0.15) is 0 Å². The van der Waals surface area contributed by atoms with Crippen molar-refractivity contribution in [1.29, 1.82) is 0 Å². The number of fused-ring (bicyclic) bond motifs is 16. The molecule has 0 saturated heterocycles. The fraction of sp³-hybridized carbons (Fsp3) is 0.103. The third-order valence-electron chi connectivity index (χ3n) is 14.2. The minimum Gasteiger partial charge on any atom is -0.311 e. The van der Waals surface area contributed by atoms with Crippen LogP contribution >= 0.6 is 11.3 Å². The Morgan fingerprint density at radius 2 is 1.00 bits per heavy atom. The Labute approximate surface area is 355 Å². The average Bonchev–Trinajstić information content (AvgIpc) is 3.99. The molecule has 1 heterocycles. The zero-order valence-corrected chi connectivity index (χ0v) is 34.4. The Morgan fingerprint density at radius 3 is 1.63 bits per heavy atom. The van der Waals surface area contributed by atoms with Crippen molar-refractivity contribution in [2.75, 3.05) is 4.90 Å². The van der Waals surface area contributed by atoms with Crippen molar-refractivity contribution in [3.8, 4) is 33.4 Å². The molecule has 9 aromatic rings. The third kappa shape index (κ3) is 4.47. The second-order valence-electron chi connectivity index (χ2n) is 17.5. The highest BCUT2D eigenvalue weighted by molar-refractivity contribution is 7.26. The first-order chi connectivity index (χ1) is 29.5. The molecular formula is C58H41NS. The van der Waals surface area contributed by atoms with Crippen LogP contribution in [0.2, 0.25) is 0 Å². The van der Waals surface area contributed by atoms with Crippen LogP contribution in [0.1, 0.15) is 65.1 Å². The molecule has 1 aromatic heterocycles. The molecule has 2 heteroatoms. The number of hydrogen-bond donors (Lipinski definition) is 0. The summed E-state index contributed by atoms with van der Waals surface area (Å²) < 4.78 is 2.76. The number of allylic oxidation sites excluding steroid dienone is 3. The van der Waals surface area contributed by atoms with Gasteiger partial charge in [0.25, 0.3) is 0 Å². The van der Waals surface area contributed by atoms with Crippen LogP contribution in [0.15, 0.2) is 200 Å². The van der Waals surface area contributed by atoms with E-state index in [1.807, 2.05) is 11.3 Å². The highest BCUT2D eigenvalue weighted by atomic mass is 32.1. The van der Waals surface area contributed by atoms with E-state index >= 15 is 0 Å². The van der Waals surface area contributed by atoms with Crippen molar-refractivity contribution in [3.05, 3.63) is 239 Å². The lowest BCUT2D eigenvalue weighted by atomic mass is 9.70. The summed E-state index contributed by atoms with van der Waals surface area (Å²) in [5, 5.41) is 2.72. The molecule has 4 aliphatic carbocycles. The zero-order valence-electron chi connectivity index (χ0n) is 33.6. The number of benzene rings is 8. The van der Waals surface area contributed by atoms with E-state index in [0.717, 1.165) is 6.42 Å². The van der Waals surface area contributed by atoms with Crippen LogP contribution in [0, 0.1) is 0 Å². The second-order valence-corrected chi connectivity index (χ2v) is 18.6. The molecule has 0 bridgehead atoms. The van der Waals surface area contributed by atoms with Crippen LogP contribution in [-0.4, -0.2) is 0 Å². The molecule has 13 rings (SSSR count). The fourth-order valence-corrected chi connectivity index (χ4v) is 12.8. The quantitative estimate of drug-likeness (QED) is 0.172. The van der Waals surface area contributed by atoms with Gasteiger partial charge < -0.3 is 4.90 Å². The van der Waals surface area contributed by atoms with Gasteiger partial charge in [-0.25, -0.2) is 0 Å². The van der Waals surface area contributed by atoms with Crippen LogP contribution in [0.25, 0.3) is 53.6 Å². The third-order valence-corrected chi connectivity index (χ3v) is 15.5. The van der Waals surface area contributed by atoms with E-state index < -0.39 is 5.41 Å². The van der Waals surface area contributed by atoms with Gasteiger partial charge in [-0.05, 0) is 115 Å². The summed E-state index contributed by atoms with van der Waals surface area (Å²) in [6, 6.07) is 66.5. The van der Waals surface area contributed by atoms with Crippen molar-refractivity contribution >= 4 is 42.9 Å². The summed E-state index contributed by atoms with van der Waals surface area (Å²) in [5.41, 5.74) is 20.7. The Hall–Kier alpha value is -6.74. The van der Waals surface area contributed by atoms with E-state index in [1.165, 1.54) is 110 Å². The fourth-order valence-electron chi connectivity index (χ4n) is 11.6. The van der Waals surface area contributed by atoms with Crippen molar-refractivity contribution in [3.63, 3.8) is 0 Å². The lowest BCUT2D eigenvalue weighted by Crippen LogP contribution is -2.26. The first kappa shape index (κ1) is 34.2. The second kappa shape index (κ2) is 12.4. The van der Waals surface area contributed by atoms with Crippen molar-refractivity contribution in [1.82, 2.24) is 0 Å². The van der Waals surface area contributed by atoms with E-state index in [-0.39, 0.29) is 5.41 Å². The first-order valence-corrected chi connectivity index (χ1v) is 22.1. The summed E-state index contributed by atoms with van der Waals surface area (Å²) in [5.74, 6) is 0.296. The molecule has 0 saturated carbocycles. The van der Waals surface area contributed by atoms with E-state index in [4.69, 9.17) is 0 Å². The molecule has 284 valence electrons. The minimum absolute atomic E-state index is 0.112. The molecule has 1 nitrogen and oxygen atoms in total. The highest BCUT2D eigenvalue weighted by Gasteiger charge is 2.51. The van der Waals surface area contributed by atoms with Gasteiger partial charge in [-0.1, -0.05) is 172 Å². The van der Waals surface area contributed by atoms with Gasteiger partial charge in [-0.15, -0.1) is 11.3 Å².